The highest BCUT2D eigenvalue weighted by atomic mass is 16.6. The van der Waals surface area contributed by atoms with Crippen molar-refractivity contribution in [1.29, 1.82) is 0 Å². The minimum atomic E-state index is -1.82. The molecule has 0 fully saturated rings. The van der Waals surface area contributed by atoms with Crippen molar-refractivity contribution in [2.24, 2.45) is 0 Å². The van der Waals surface area contributed by atoms with Crippen LogP contribution < -0.4 is 29.0 Å². The van der Waals surface area contributed by atoms with Gasteiger partial charge in [0.1, 0.15) is 19.3 Å². The summed E-state index contributed by atoms with van der Waals surface area (Å²) in [6.45, 7) is 2.37. The number of carboxylic acids is 2. The summed E-state index contributed by atoms with van der Waals surface area (Å²) in [6.07, 6.45) is -0.0179. The third-order valence-electron chi connectivity index (χ3n) is 4.03. The fourth-order valence-corrected chi connectivity index (χ4v) is 2.61. The van der Waals surface area contributed by atoms with Crippen LogP contribution in [0.25, 0.3) is 0 Å². The number of aliphatic carboxylic acids is 2. The second-order valence-corrected chi connectivity index (χ2v) is 6.15. The van der Waals surface area contributed by atoms with Gasteiger partial charge in [0.25, 0.3) is 0 Å². The second kappa shape index (κ2) is 12.1. The number of methoxy groups -OCH3 is 2. The zero-order chi connectivity index (χ0) is 22.6. The molecule has 0 saturated heterocycles. The predicted molar refractivity (Wildman–Crippen MR) is 110 cm³/mol. The summed E-state index contributed by atoms with van der Waals surface area (Å²) in [4.78, 5) is 18.2. The highest BCUT2D eigenvalue weighted by molar-refractivity contribution is 6.27. The fourth-order valence-electron chi connectivity index (χ4n) is 2.61. The summed E-state index contributed by atoms with van der Waals surface area (Å²) in [6, 6.07) is 13.2. The number of carboxylic acid groups (broad SMARTS) is 2. The van der Waals surface area contributed by atoms with E-state index in [0.717, 1.165) is 11.5 Å². The van der Waals surface area contributed by atoms with Crippen molar-refractivity contribution < 1.29 is 43.5 Å². The molecule has 1 aliphatic heterocycles. The zero-order valence-corrected chi connectivity index (χ0v) is 17.2. The molecule has 10 nitrogen and oxygen atoms in total. The molecule has 0 aliphatic carbocycles. The first-order chi connectivity index (χ1) is 15.0. The topological polar surface area (TPSA) is 133 Å². The van der Waals surface area contributed by atoms with Gasteiger partial charge in [-0.15, -0.1) is 0 Å². The van der Waals surface area contributed by atoms with Crippen molar-refractivity contribution in [3.05, 3.63) is 42.5 Å². The summed E-state index contributed by atoms with van der Waals surface area (Å²) < 4.78 is 28.0. The average molecular weight is 435 g/mol. The lowest BCUT2D eigenvalue weighted by atomic mass is 10.2. The molecule has 3 rings (SSSR count). The van der Waals surface area contributed by atoms with Gasteiger partial charge in [-0.05, 0) is 24.3 Å². The van der Waals surface area contributed by atoms with Crippen molar-refractivity contribution in [2.75, 3.05) is 40.5 Å². The number of hydrogen-bond acceptors (Lipinski definition) is 8. The monoisotopic (exact) mass is 435 g/mol. The van der Waals surface area contributed by atoms with Gasteiger partial charge in [-0.2, -0.15) is 0 Å². The molecule has 0 spiro atoms. The van der Waals surface area contributed by atoms with E-state index in [1.165, 1.54) is 0 Å². The molecule has 31 heavy (non-hydrogen) atoms. The van der Waals surface area contributed by atoms with Gasteiger partial charge < -0.3 is 39.2 Å². The molecule has 0 amide bonds. The highest BCUT2D eigenvalue weighted by Crippen LogP contribution is 2.36. The van der Waals surface area contributed by atoms with Crippen molar-refractivity contribution in [3.8, 4) is 28.7 Å². The maximum absolute atomic E-state index is 9.10. The lowest BCUT2D eigenvalue weighted by molar-refractivity contribution is -0.159. The Kier molecular flexibility index (Phi) is 9.24. The molecule has 1 heterocycles. The van der Waals surface area contributed by atoms with Gasteiger partial charge in [-0.25, -0.2) is 9.59 Å². The Morgan fingerprint density at radius 2 is 1.61 bits per heavy atom. The maximum Gasteiger partial charge on any atom is 0.414 e. The first-order valence-electron chi connectivity index (χ1n) is 9.35. The van der Waals surface area contributed by atoms with Crippen molar-refractivity contribution in [3.63, 3.8) is 0 Å². The molecule has 0 saturated carbocycles. The van der Waals surface area contributed by atoms with Crippen molar-refractivity contribution in [1.82, 2.24) is 5.32 Å². The third-order valence-corrected chi connectivity index (χ3v) is 4.03. The minimum absolute atomic E-state index is 0.0179. The van der Waals surface area contributed by atoms with Gasteiger partial charge in [0, 0.05) is 13.1 Å². The quantitative estimate of drug-likeness (QED) is 0.415. The SMILES string of the molecule is COc1cccc(OC)c1OCCNC[C@@H]1COc2ccccc2O1.O=C(O)C(=O)O. The molecule has 3 N–H and O–H groups in total. The van der Waals surface area contributed by atoms with Crippen LogP contribution in [-0.2, 0) is 9.59 Å². The zero-order valence-electron chi connectivity index (χ0n) is 17.2. The van der Waals surface area contributed by atoms with Gasteiger partial charge in [0.2, 0.25) is 5.75 Å². The highest BCUT2D eigenvalue weighted by Gasteiger charge is 2.20. The standard InChI is InChI=1S/C19H23NO5.C2H2O4/c1-21-17-8-5-9-18(22-2)19(17)23-11-10-20-12-14-13-24-15-6-3-4-7-16(15)25-14;3-1(4)2(5)6/h3-9,14,20H,10-13H2,1-2H3;(H,3,4)(H,5,6)/t14-;/m1./s1. The number of rotatable bonds is 8. The fraction of sp³-hybridized carbons (Fsp3) is 0.333. The van der Waals surface area contributed by atoms with E-state index >= 15 is 0 Å². The van der Waals surface area contributed by atoms with E-state index in [0.29, 0.717) is 43.6 Å². The molecule has 2 aromatic rings. The summed E-state index contributed by atoms with van der Waals surface area (Å²) in [5.74, 6) is -0.147. The average Bonchev–Trinajstić information content (AvgIpc) is 2.79. The van der Waals surface area contributed by atoms with Crippen molar-refractivity contribution >= 4 is 11.9 Å². The van der Waals surface area contributed by atoms with E-state index in [4.69, 9.17) is 43.5 Å². The van der Waals surface area contributed by atoms with Gasteiger partial charge in [-0.3, -0.25) is 0 Å². The van der Waals surface area contributed by atoms with E-state index < -0.39 is 11.9 Å². The maximum atomic E-state index is 9.10. The van der Waals surface area contributed by atoms with Crippen LogP contribution in [0.15, 0.2) is 42.5 Å². The van der Waals surface area contributed by atoms with E-state index in [2.05, 4.69) is 5.32 Å². The number of benzene rings is 2. The predicted octanol–water partition coefficient (Wildman–Crippen LogP) is 1.67. The van der Waals surface area contributed by atoms with Crippen molar-refractivity contribution in [2.45, 2.75) is 6.10 Å². The molecule has 0 aromatic heterocycles. The minimum Gasteiger partial charge on any atom is -0.493 e. The smallest absolute Gasteiger partial charge is 0.414 e. The van der Waals surface area contributed by atoms with Gasteiger partial charge >= 0.3 is 11.9 Å². The Bertz CT molecular complexity index is 837. The molecule has 0 radical (unpaired) electrons. The number of fused-ring (bicyclic) bond motifs is 1. The van der Waals surface area contributed by atoms with E-state index in [1.807, 2.05) is 42.5 Å². The Hall–Kier alpha value is -3.66. The Morgan fingerprint density at radius 3 is 2.19 bits per heavy atom. The molecule has 1 aliphatic rings. The first-order valence-corrected chi connectivity index (χ1v) is 9.35. The molecule has 168 valence electrons. The first kappa shape index (κ1) is 23.6. The van der Waals surface area contributed by atoms with Crippen LogP contribution in [0.2, 0.25) is 0 Å². The number of para-hydroxylation sites is 3. The largest absolute Gasteiger partial charge is 0.493 e. The Labute approximate surface area is 179 Å². The van der Waals surface area contributed by atoms with Crippen LogP contribution in [0.5, 0.6) is 28.7 Å². The molecule has 0 bridgehead atoms. The van der Waals surface area contributed by atoms with Crippen LogP contribution in [0.1, 0.15) is 0 Å². The summed E-state index contributed by atoms with van der Waals surface area (Å²) in [5.41, 5.74) is 0. The van der Waals surface area contributed by atoms with Crippen LogP contribution >= 0.6 is 0 Å². The lowest BCUT2D eigenvalue weighted by Crippen LogP contribution is -2.39. The van der Waals surface area contributed by atoms with Crippen LogP contribution in [-0.4, -0.2) is 68.8 Å². The molecule has 10 heteroatoms. The van der Waals surface area contributed by atoms with E-state index in [9.17, 15) is 0 Å². The number of ether oxygens (including phenoxy) is 5. The summed E-state index contributed by atoms with van der Waals surface area (Å²) in [5, 5.41) is 18.1. The van der Waals surface area contributed by atoms with Gasteiger partial charge in [0.05, 0.1) is 14.2 Å². The molecular formula is C21H25NO9. The Morgan fingerprint density at radius 1 is 1.00 bits per heavy atom. The van der Waals surface area contributed by atoms with Crippen LogP contribution in [0, 0.1) is 0 Å². The van der Waals surface area contributed by atoms with Gasteiger partial charge in [0.15, 0.2) is 23.0 Å². The number of nitrogens with one attached hydrogen (secondary N) is 1. The normalized spacial score (nSPS) is 13.9. The van der Waals surface area contributed by atoms with Gasteiger partial charge in [-0.1, -0.05) is 18.2 Å². The number of carbonyl (C=O) groups is 2. The van der Waals surface area contributed by atoms with E-state index in [-0.39, 0.29) is 6.10 Å². The lowest BCUT2D eigenvalue weighted by Gasteiger charge is -2.26. The molecule has 2 aromatic carbocycles. The Balaban J connectivity index is 0.000000501. The van der Waals surface area contributed by atoms with E-state index in [1.54, 1.807) is 14.2 Å². The van der Waals surface area contributed by atoms with Crippen LogP contribution in [0.3, 0.4) is 0 Å². The summed E-state index contributed by atoms with van der Waals surface area (Å²) in [7, 11) is 3.22. The summed E-state index contributed by atoms with van der Waals surface area (Å²) >= 11 is 0. The molecular weight excluding hydrogens is 410 g/mol. The van der Waals surface area contributed by atoms with Crippen LogP contribution in [0.4, 0.5) is 0 Å². The second-order valence-electron chi connectivity index (χ2n) is 6.15. The third kappa shape index (κ3) is 7.27. The molecule has 1 atom stereocenters. The number of hydrogen-bond donors (Lipinski definition) is 3. The molecule has 0 unspecified atom stereocenters.